The Morgan fingerprint density at radius 1 is 0.320 bits per heavy atom. The van der Waals surface area contributed by atoms with E-state index >= 15 is 0 Å². The second-order valence-electron chi connectivity index (χ2n) is 36.6. The molecule has 0 amide bonds. The van der Waals surface area contributed by atoms with Gasteiger partial charge in [-0.25, -0.2) is 0 Å². The summed E-state index contributed by atoms with van der Waals surface area (Å²) in [6, 6.07) is 35.3. The fraction of sp³-hybridized carbons (Fsp3) is 0.681. The van der Waals surface area contributed by atoms with Gasteiger partial charge in [0.2, 0.25) is 0 Å². The molecule has 13 nitrogen and oxygen atoms in total. The molecule has 688 valence electrons. The van der Waals surface area contributed by atoms with Crippen molar-refractivity contribution in [2.75, 3.05) is 68.5 Å². The Morgan fingerprint density at radius 3 is 0.926 bits per heavy atom. The third-order valence-electron chi connectivity index (χ3n) is 24.8. The largest absolute Gasteiger partial charge is 0.573 e. The van der Waals surface area contributed by atoms with Gasteiger partial charge in [0.15, 0.2) is 0 Å². The maximum atomic E-state index is 12.9. The summed E-state index contributed by atoms with van der Waals surface area (Å²) in [6.07, 6.45) is -2.81. The molecule has 28 heteroatoms. The molecule has 122 heavy (non-hydrogen) atoms. The lowest BCUT2D eigenvalue weighted by molar-refractivity contribution is -0.275. The lowest BCUT2D eigenvalue weighted by Crippen LogP contribution is -2.53. The van der Waals surface area contributed by atoms with Crippen molar-refractivity contribution in [1.82, 2.24) is 40.4 Å². The summed E-state index contributed by atoms with van der Waals surface area (Å²) < 4.78 is 214. The molecular weight excluding hydrogens is 1610 g/mol. The molecule has 0 radical (unpaired) electrons. The Bertz CT molecular complexity index is 3670. The number of nitrogens with zero attached hydrogens (tertiary/aromatic N) is 5. The molecule has 0 aromatic heterocycles. The van der Waals surface area contributed by atoms with Gasteiger partial charge in [-0.05, 0) is 324 Å². The van der Waals surface area contributed by atoms with Crippen LogP contribution in [0.2, 0.25) is 0 Å². The van der Waals surface area contributed by atoms with Gasteiger partial charge < -0.3 is 54.3 Å². The molecule has 2 aliphatic heterocycles. The van der Waals surface area contributed by atoms with Crippen LogP contribution in [0.5, 0.6) is 17.2 Å². The van der Waals surface area contributed by atoms with Crippen LogP contribution in [0.1, 0.15) is 260 Å². The number of rotatable bonds is 23. The maximum Gasteiger partial charge on any atom is 0.573 e. The number of ether oxygens (including phenoxy) is 5. The van der Waals surface area contributed by atoms with Gasteiger partial charge in [-0.3, -0.25) is 9.80 Å². The first-order chi connectivity index (χ1) is 57.1. The molecule has 0 bridgehead atoms. The van der Waals surface area contributed by atoms with Crippen molar-refractivity contribution in [2.45, 2.75) is 343 Å². The minimum absolute atomic E-state index is 0.116. The Morgan fingerprint density at radius 2 is 0.598 bits per heavy atom. The molecule has 2 heterocycles. The second-order valence-corrected chi connectivity index (χ2v) is 36.6. The number of hydrogen-bond acceptors (Lipinski definition) is 13. The monoisotopic (exact) mass is 1740 g/mol. The second kappa shape index (κ2) is 46.2. The predicted octanol–water partition coefficient (Wildman–Crippen LogP) is 22.9. The molecule has 7 aliphatic rings. The van der Waals surface area contributed by atoms with Crippen molar-refractivity contribution in [3.63, 3.8) is 0 Å². The number of alkyl halides is 15. The van der Waals surface area contributed by atoms with Gasteiger partial charge in [0.25, 0.3) is 0 Å². The number of likely N-dealkylation sites (N-methyl/N-ethyl adjacent to an activating group) is 3. The summed E-state index contributed by atoms with van der Waals surface area (Å²) in [5, 5.41) is 10.9. The van der Waals surface area contributed by atoms with Crippen molar-refractivity contribution >= 4 is 0 Å². The number of nitrogens with one attached hydrogen (secondary N) is 3. The maximum absolute atomic E-state index is 12.9. The van der Waals surface area contributed by atoms with Crippen molar-refractivity contribution in [3.8, 4) is 17.2 Å². The zero-order valence-electron chi connectivity index (χ0n) is 74.3. The van der Waals surface area contributed by atoms with Crippen LogP contribution < -0.4 is 30.2 Å². The molecule has 5 saturated carbocycles. The lowest BCUT2D eigenvalue weighted by atomic mass is 9.77. The normalized spacial score (nSPS) is 26.7. The van der Waals surface area contributed by atoms with E-state index in [1.165, 1.54) is 74.2 Å². The third-order valence-corrected chi connectivity index (χ3v) is 24.8. The molecule has 5 aliphatic carbocycles. The van der Waals surface area contributed by atoms with E-state index in [9.17, 15) is 65.9 Å². The quantitative estimate of drug-likeness (QED) is 0.0542. The van der Waals surface area contributed by atoms with Crippen LogP contribution in [0.15, 0.2) is 121 Å². The van der Waals surface area contributed by atoms with Gasteiger partial charge in [0.1, 0.15) is 17.2 Å². The molecule has 5 aromatic carbocycles. The van der Waals surface area contributed by atoms with Crippen LogP contribution in [0, 0.1) is 0 Å². The minimum atomic E-state index is -4.65. The van der Waals surface area contributed by atoms with E-state index in [0.29, 0.717) is 60.4 Å². The molecule has 3 N–H and O–H groups in total. The zero-order valence-corrected chi connectivity index (χ0v) is 74.3. The number of likely N-dealkylation sites (tertiary alicyclic amines) is 2. The first kappa shape index (κ1) is 101. The summed E-state index contributed by atoms with van der Waals surface area (Å²) in [7, 11) is 12.2. The highest BCUT2D eigenvalue weighted by Gasteiger charge is 2.43. The number of halogens is 15. The van der Waals surface area contributed by atoms with Crippen LogP contribution >= 0.6 is 0 Å². The Labute approximate surface area is 715 Å². The Hall–Kier alpha value is -5.95. The fourth-order valence-electron chi connectivity index (χ4n) is 19.5. The van der Waals surface area contributed by atoms with E-state index in [1.54, 1.807) is 30.3 Å². The number of hydrogen-bond donors (Lipinski definition) is 3. The van der Waals surface area contributed by atoms with Gasteiger partial charge in [-0.2, -0.15) is 26.3 Å². The molecule has 0 unspecified atom stereocenters. The summed E-state index contributed by atoms with van der Waals surface area (Å²) in [5.74, 6) is 0.727. The van der Waals surface area contributed by atoms with Crippen LogP contribution in [0.3, 0.4) is 0 Å². The van der Waals surface area contributed by atoms with Gasteiger partial charge in [0.05, 0.1) is 35.5 Å². The number of benzene rings is 5. The molecule has 12 rings (SSSR count). The van der Waals surface area contributed by atoms with Crippen molar-refractivity contribution in [1.29, 1.82) is 0 Å². The van der Waals surface area contributed by atoms with Gasteiger partial charge in [-0.15, -0.1) is 39.5 Å². The van der Waals surface area contributed by atoms with E-state index in [2.05, 4.69) is 124 Å². The van der Waals surface area contributed by atoms with E-state index in [4.69, 9.17) is 9.47 Å². The molecular formula is C94H137F15N8O5. The van der Waals surface area contributed by atoms with Crippen LogP contribution in [0.25, 0.3) is 0 Å². The zero-order chi connectivity index (χ0) is 89.8. The lowest BCUT2D eigenvalue weighted by Gasteiger charge is -2.42. The highest BCUT2D eigenvalue weighted by atomic mass is 19.4. The molecule has 5 aromatic rings. The summed E-state index contributed by atoms with van der Waals surface area (Å²) in [4.78, 5) is 11.6. The molecule has 7 fully saturated rings. The van der Waals surface area contributed by atoms with Crippen LogP contribution in [-0.4, -0.2) is 203 Å². The van der Waals surface area contributed by atoms with Crippen LogP contribution in [-0.2, 0) is 21.8 Å². The average Bonchev–Trinajstić information content (AvgIpc) is 1.81. The van der Waals surface area contributed by atoms with E-state index in [1.807, 2.05) is 72.4 Å². The van der Waals surface area contributed by atoms with Crippen molar-refractivity contribution < 1.29 is 89.5 Å². The molecule has 2 saturated heterocycles. The minimum Gasteiger partial charge on any atom is -0.406 e. The highest BCUT2D eigenvalue weighted by molar-refractivity contribution is 5.35. The summed E-state index contributed by atoms with van der Waals surface area (Å²) >= 11 is 0. The smallest absolute Gasteiger partial charge is 0.406 e. The third kappa shape index (κ3) is 33.0. The van der Waals surface area contributed by atoms with E-state index in [-0.39, 0.29) is 77.3 Å². The van der Waals surface area contributed by atoms with E-state index < -0.39 is 42.6 Å². The molecule has 15 atom stereocenters. The first-order valence-electron chi connectivity index (χ1n) is 44.1. The summed E-state index contributed by atoms with van der Waals surface area (Å²) in [5.41, 5.74) is 3.31. The van der Waals surface area contributed by atoms with Crippen molar-refractivity contribution in [2.24, 2.45) is 0 Å². The summed E-state index contributed by atoms with van der Waals surface area (Å²) in [6.45, 7) is 25.5. The van der Waals surface area contributed by atoms with Gasteiger partial charge >= 0.3 is 31.4 Å². The van der Waals surface area contributed by atoms with E-state index in [0.717, 1.165) is 162 Å². The van der Waals surface area contributed by atoms with Crippen LogP contribution in [0.4, 0.5) is 65.9 Å². The topological polar surface area (TPSA) is 98.4 Å². The average molecular weight is 1740 g/mol. The van der Waals surface area contributed by atoms with Gasteiger partial charge in [0, 0.05) is 66.5 Å². The first-order valence-corrected chi connectivity index (χ1v) is 44.1. The predicted molar refractivity (Wildman–Crippen MR) is 453 cm³/mol. The van der Waals surface area contributed by atoms with Gasteiger partial charge in [-0.1, -0.05) is 114 Å². The fourth-order valence-corrected chi connectivity index (χ4v) is 19.5. The SMILES string of the molecule is CC(C)N[C@H]1CC[C@H](c2cccc(C(F)(F)F)c2)C[C@@H]1N(C)C.CC(C)N[C@H]1CC[C@H](c2cccc(OC(F)(F)F)c2)C[C@@H]1N(C)C.CC(C)N[C@H]1CC[C@H](c2cccc(OC(F)(F)F)c2)C[C@@H]1N1CCCC1.CC(C)O[C@H]1CC[C@H](c2cccc(C(F)(F)F)c2)C[C@@H]1N(C)C.CC(C)O[C@H]1CC[C@H](c2cccc(OC(F)(F)F)c2)C[C@@H]1N1CCCC1. The molecule has 0 spiro atoms. The van der Waals surface area contributed by atoms with Crippen molar-refractivity contribution in [3.05, 3.63) is 160 Å². The Kier molecular flexibility index (Phi) is 38.4. The standard InChI is InChI=1S/C20H29F3N2O.C20H28F3NO2.C18H27F3N2O.C18H27F3N2.C18H26F3NO/c1-14(2)24-18-9-8-16(13-19(18)25-10-3-4-11-25)15-6-5-7-17(12-15)26-20(21,22)23;1-14(2)25-19-9-8-16(13-18(19)24-10-3-4-11-24)15-6-5-7-17(12-15)26-20(21,22)23;1-12(2)22-16-9-8-14(11-17(16)23(3)4)13-6-5-7-15(10-13)24-18(19,20)21;1-12(2)22-16-9-8-14(11-17(16)23(3)4)13-6-5-7-15(10-13)18(19,20)21;1-12(2)23-17-9-8-14(11-16(17)22(3)4)13-6-5-7-15(10-13)18(19,20)21/h5-7,12,14,16,18-19,24H,3-4,8-11,13H2,1-2H3;5-7,12,14,16,18-19H,3-4,8-11,13H2,1-2H3;5-7,10,12,14,16-17,22H,8-9,11H2,1-4H3;5-7,10,12,14,16-17,22H,8-9,11H2,1-4H3;5-7,10,12,14,16-17H,8-9,11H2,1-4H3/t2*16-,18-,19-;3*14-,16-,17-/m00000/s1. The Balaban J connectivity index is 0.000000190. The highest BCUT2D eigenvalue weighted by Crippen LogP contribution is 2.45.